The summed E-state index contributed by atoms with van der Waals surface area (Å²) in [5, 5.41) is 2.93. The van der Waals surface area contributed by atoms with Crippen LogP contribution in [0.15, 0.2) is 60.7 Å². The molecule has 0 saturated carbocycles. The minimum atomic E-state index is -3.94. The molecule has 0 unspecified atom stereocenters. The first kappa shape index (κ1) is 28.3. The molecule has 0 fully saturated rings. The van der Waals surface area contributed by atoms with Crippen LogP contribution in [0.2, 0.25) is 0 Å². The Morgan fingerprint density at radius 3 is 2.03 bits per heavy atom. The van der Waals surface area contributed by atoms with Crippen LogP contribution in [0, 0.1) is 5.92 Å². The van der Waals surface area contributed by atoms with Crippen LogP contribution in [0.5, 0.6) is 0 Å². The first-order valence-electron chi connectivity index (χ1n) is 11.9. The van der Waals surface area contributed by atoms with Crippen LogP contribution in [-0.2, 0) is 26.2 Å². The van der Waals surface area contributed by atoms with Crippen molar-refractivity contribution in [1.29, 1.82) is 0 Å². The van der Waals surface area contributed by atoms with Crippen molar-refractivity contribution in [2.75, 3.05) is 38.0 Å². The zero-order valence-corrected chi connectivity index (χ0v) is 22.2. The van der Waals surface area contributed by atoms with Crippen LogP contribution in [-0.4, -0.2) is 69.2 Å². The van der Waals surface area contributed by atoms with Crippen LogP contribution >= 0.6 is 0 Å². The molecule has 192 valence electrons. The van der Waals surface area contributed by atoms with Crippen molar-refractivity contribution in [3.8, 4) is 0 Å². The molecular formula is C26H38N4O4S. The van der Waals surface area contributed by atoms with Gasteiger partial charge in [0, 0.05) is 27.2 Å². The summed E-state index contributed by atoms with van der Waals surface area (Å²) in [6.45, 7) is 6.25. The summed E-state index contributed by atoms with van der Waals surface area (Å²) in [5.41, 5.74) is 1.42. The Morgan fingerprint density at radius 2 is 1.51 bits per heavy atom. The summed E-state index contributed by atoms with van der Waals surface area (Å²) in [6, 6.07) is 17.5. The summed E-state index contributed by atoms with van der Waals surface area (Å²) in [6.07, 6.45) is 0.961. The Bertz CT molecular complexity index is 1040. The van der Waals surface area contributed by atoms with Gasteiger partial charge in [-0.1, -0.05) is 69.3 Å². The second-order valence-electron chi connectivity index (χ2n) is 9.02. The minimum absolute atomic E-state index is 0.232. The van der Waals surface area contributed by atoms with E-state index in [1.807, 2.05) is 51.1 Å². The second-order valence-corrected chi connectivity index (χ2v) is 11.1. The number of carbonyl (C=O) groups excluding carboxylic acids is 2. The predicted octanol–water partition coefficient (Wildman–Crippen LogP) is 2.92. The lowest BCUT2D eigenvalue weighted by Crippen LogP contribution is -2.54. The predicted molar refractivity (Wildman–Crippen MR) is 140 cm³/mol. The molecule has 2 aromatic carbocycles. The Balaban J connectivity index is 2.37. The van der Waals surface area contributed by atoms with Crippen LogP contribution in [0.1, 0.15) is 32.8 Å². The molecule has 2 rings (SSSR count). The van der Waals surface area contributed by atoms with Crippen molar-refractivity contribution in [2.24, 2.45) is 5.92 Å². The van der Waals surface area contributed by atoms with Gasteiger partial charge in [-0.2, -0.15) is 12.7 Å². The lowest BCUT2D eigenvalue weighted by atomic mass is 10.1. The van der Waals surface area contributed by atoms with Crippen LogP contribution < -0.4 is 9.62 Å². The molecule has 2 amide bonds. The van der Waals surface area contributed by atoms with E-state index in [-0.39, 0.29) is 11.8 Å². The fraction of sp³-hybridized carbons (Fsp3) is 0.462. The molecule has 0 spiro atoms. The number of carbonyl (C=O) groups is 2. The number of rotatable bonds is 13. The first-order valence-corrected chi connectivity index (χ1v) is 13.3. The third-order valence-electron chi connectivity index (χ3n) is 5.62. The monoisotopic (exact) mass is 502 g/mol. The molecule has 1 N–H and O–H groups in total. The molecule has 0 aromatic heterocycles. The molecular weight excluding hydrogens is 464 g/mol. The van der Waals surface area contributed by atoms with Gasteiger partial charge in [-0.15, -0.1) is 0 Å². The molecule has 0 saturated heterocycles. The van der Waals surface area contributed by atoms with E-state index >= 15 is 0 Å². The third-order valence-corrected chi connectivity index (χ3v) is 7.44. The summed E-state index contributed by atoms with van der Waals surface area (Å²) < 4.78 is 28.4. The van der Waals surface area contributed by atoms with E-state index < -0.39 is 28.7 Å². The highest BCUT2D eigenvalue weighted by atomic mass is 32.2. The second kappa shape index (κ2) is 13.3. The fourth-order valence-corrected chi connectivity index (χ4v) is 4.69. The summed E-state index contributed by atoms with van der Waals surface area (Å²) >= 11 is 0. The topological polar surface area (TPSA) is 90.0 Å². The number of para-hydroxylation sites is 1. The van der Waals surface area contributed by atoms with Gasteiger partial charge in [0.2, 0.25) is 11.8 Å². The fourth-order valence-electron chi connectivity index (χ4n) is 3.63. The first-order chi connectivity index (χ1) is 16.6. The van der Waals surface area contributed by atoms with Crippen molar-refractivity contribution in [2.45, 2.75) is 39.7 Å². The van der Waals surface area contributed by atoms with E-state index in [1.165, 1.54) is 19.0 Å². The molecule has 0 aliphatic carbocycles. The van der Waals surface area contributed by atoms with Gasteiger partial charge >= 0.3 is 10.2 Å². The summed E-state index contributed by atoms with van der Waals surface area (Å²) in [7, 11) is -1.09. The van der Waals surface area contributed by atoms with Crippen molar-refractivity contribution in [3.63, 3.8) is 0 Å². The Kier molecular flexibility index (Phi) is 10.7. The standard InChI is InChI=1S/C26H38N4O4S/c1-6-24(26(32)27-19-21(2)3)29(18-17-22-13-9-7-10-14-22)25(31)20-30(35(33,34)28(4)5)23-15-11-8-12-16-23/h7-16,21,24H,6,17-20H2,1-5H3,(H,27,32)/t24-/m0/s1. The van der Waals surface area contributed by atoms with Gasteiger partial charge in [-0.25, -0.2) is 4.31 Å². The summed E-state index contributed by atoms with van der Waals surface area (Å²) in [4.78, 5) is 28.3. The smallest absolute Gasteiger partial charge is 0.304 e. The Labute approximate surface area is 210 Å². The van der Waals surface area contributed by atoms with Crippen LogP contribution in [0.4, 0.5) is 5.69 Å². The Morgan fingerprint density at radius 1 is 0.943 bits per heavy atom. The van der Waals surface area contributed by atoms with Gasteiger partial charge in [0.05, 0.1) is 5.69 Å². The zero-order valence-electron chi connectivity index (χ0n) is 21.3. The highest BCUT2D eigenvalue weighted by Gasteiger charge is 2.33. The van der Waals surface area contributed by atoms with Crippen LogP contribution in [0.25, 0.3) is 0 Å². The molecule has 2 aromatic rings. The molecule has 0 bridgehead atoms. The molecule has 0 aliphatic heterocycles. The molecule has 9 heteroatoms. The van der Waals surface area contributed by atoms with Crippen molar-refractivity contribution >= 4 is 27.7 Å². The maximum atomic E-state index is 13.7. The van der Waals surface area contributed by atoms with Gasteiger partial charge in [-0.05, 0) is 36.5 Å². The number of hydrogen-bond donors (Lipinski definition) is 1. The lowest BCUT2D eigenvalue weighted by molar-refractivity contribution is -0.139. The Hall–Kier alpha value is -2.91. The number of anilines is 1. The normalized spacial score (nSPS) is 12.4. The number of nitrogens with one attached hydrogen (secondary N) is 1. The van der Waals surface area contributed by atoms with Crippen molar-refractivity contribution < 1.29 is 18.0 Å². The van der Waals surface area contributed by atoms with Crippen LogP contribution in [0.3, 0.4) is 0 Å². The van der Waals surface area contributed by atoms with Crippen molar-refractivity contribution in [1.82, 2.24) is 14.5 Å². The highest BCUT2D eigenvalue weighted by Crippen LogP contribution is 2.20. The molecule has 0 radical (unpaired) electrons. The third kappa shape index (κ3) is 8.07. The van der Waals surface area contributed by atoms with E-state index in [2.05, 4.69) is 5.32 Å². The molecule has 0 heterocycles. The van der Waals surface area contributed by atoms with Gasteiger partial charge in [0.25, 0.3) is 0 Å². The number of amides is 2. The van der Waals surface area contributed by atoms with E-state index in [0.717, 1.165) is 14.2 Å². The quantitative estimate of drug-likeness (QED) is 0.456. The molecule has 35 heavy (non-hydrogen) atoms. The molecule has 8 nitrogen and oxygen atoms in total. The zero-order chi connectivity index (χ0) is 26.0. The number of hydrogen-bond acceptors (Lipinski definition) is 4. The van der Waals surface area contributed by atoms with Gasteiger partial charge in [0.1, 0.15) is 12.6 Å². The van der Waals surface area contributed by atoms with E-state index in [0.29, 0.717) is 31.6 Å². The van der Waals surface area contributed by atoms with Gasteiger partial charge in [0.15, 0.2) is 0 Å². The number of nitrogens with zero attached hydrogens (tertiary/aromatic N) is 3. The van der Waals surface area contributed by atoms with E-state index in [1.54, 1.807) is 30.3 Å². The number of benzene rings is 2. The maximum Gasteiger partial charge on any atom is 0.304 e. The lowest BCUT2D eigenvalue weighted by Gasteiger charge is -2.34. The van der Waals surface area contributed by atoms with Gasteiger partial charge < -0.3 is 10.2 Å². The molecule has 1 atom stereocenters. The maximum absolute atomic E-state index is 13.7. The molecule has 0 aliphatic rings. The average molecular weight is 503 g/mol. The minimum Gasteiger partial charge on any atom is -0.354 e. The van der Waals surface area contributed by atoms with E-state index in [4.69, 9.17) is 0 Å². The van der Waals surface area contributed by atoms with Crippen molar-refractivity contribution in [3.05, 3.63) is 66.2 Å². The van der Waals surface area contributed by atoms with E-state index in [9.17, 15) is 18.0 Å². The van der Waals surface area contributed by atoms with Gasteiger partial charge in [-0.3, -0.25) is 9.59 Å². The summed E-state index contributed by atoms with van der Waals surface area (Å²) in [5.74, 6) is -0.394. The highest BCUT2D eigenvalue weighted by molar-refractivity contribution is 7.90. The largest absolute Gasteiger partial charge is 0.354 e. The SMILES string of the molecule is CC[C@@H](C(=O)NCC(C)C)N(CCc1ccccc1)C(=O)CN(c1ccccc1)S(=O)(=O)N(C)C. The average Bonchev–Trinajstić information content (AvgIpc) is 2.84.